The minimum Gasteiger partial charge on any atom is -0.375 e. The number of nitrogens with zero attached hydrogens (tertiary/aromatic N) is 2. The molecule has 5 heteroatoms. The van der Waals surface area contributed by atoms with Crippen molar-refractivity contribution in [1.82, 2.24) is 9.55 Å². The fourth-order valence-corrected chi connectivity index (χ4v) is 3.08. The number of anilines is 1. The molecular weight excluding hydrogens is 282 g/mol. The van der Waals surface area contributed by atoms with Crippen LogP contribution < -0.4 is 11.3 Å². The van der Waals surface area contributed by atoms with Gasteiger partial charge in [0.15, 0.2) is 5.13 Å². The Bertz CT molecular complexity index is 821. The first kappa shape index (κ1) is 13.6. The van der Waals surface area contributed by atoms with Crippen molar-refractivity contribution < 1.29 is 0 Å². The number of aryl methyl sites for hydroxylation is 1. The van der Waals surface area contributed by atoms with Gasteiger partial charge >= 0.3 is 0 Å². The van der Waals surface area contributed by atoms with Gasteiger partial charge < -0.3 is 10.3 Å². The Morgan fingerprint density at radius 1 is 1.14 bits per heavy atom. The Morgan fingerprint density at radius 2 is 1.90 bits per heavy atom. The highest BCUT2D eigenvalue weighted by atomic mass is 32.1. The Balaban J connectivity index is 2.18. The smallest absolute Gasteiger partial charge is 0.250 e. The van der Waals surface area contributed by atoms with Crippen LogP contribution in [-0.4, -0.2) is 9.55 Å². The highest BCUT2D eigenvalue weighted by Crippen LogP contribution is 2.37. The summed E-state index contributed by atoms with van der Waals surface area (Å²) in [6, 6.07) is 13.3. The summed E-state index contributed by atoms with van der Waals surface area (Å²) in [4.78, 5) is 17.2. The molecule has 0 spiro atoms. The van der Waals surface area contributed by atoms with Crippen LogP contribution in [0.1, 0.15) is 6.92 Å². The molecule has 0 fully saturated rings. The molecule has 2 aromatic heterocycles. The molecule has 2 heterocycles. The zero-order chi connectivity index (χ0) is 14.8. The van der Waals surface area contributed by atoms with E-state index in [0.29, 0.717) is 11.7 Å². The Labute approximate surface area is 126 Å². The molecule has 21 heavy (non-hydrogen) atoms. The molecule has 4 nitrogen and oxygen atoms in total. The zero-order valence-corrected chi connectivity index (χ0v) is 12.4. The Kier molecular flexibility index (Phi) is 3.58. The monoisotopic (exact) mass is 297 g/mol. The van der Waals surface area contributed by atoms with Gasteiger partial charge in [-0.3, -0.25) is 4.79 Å². The van der Waals surface area contributed by atoms with Crippen LogP contribution in [0.3, 0.4) is 0 Å². The first-order valence-electron chi connectivity index (χ1n) is 6.71. The third-order valence-electron chi connectivity index (χ3n) is 3.28. The van der Waals surface area contributed by atoms with Gasteiger partial charge in [-0.25, -0.2) is 4.98 Å². The van der Waals surface area contributed by atoms with E-state index in [9.17, 15) is 4.79 Å². The highest BCUT2D eigenvalue weighted by Gasteiger charge is 2.14. The number of hydrogen-bond donors (Lipinski definition) is 1. The van der Waals surface area contributed by atoms with Crippen molar-refractivity contribution in [3.8, 4) is 21.7 Å². The quantitative estimate of drug-likeness (QED) is 0.807. The van der Waals surface area contributed by atoms with Gasteiger partial charge in [0.25, 0.3) is 5.56 Å². The second-order valence-corrected chi connectivity index (χ2v) is 5.67. The van der Waals surface area contributed by atoms with Crippen molar-refractivity contribution in [3.63, 3.8) is 0 Å². The van der Waals surface area contributed by atoms with Gasteiger partial charge in [-0.15, -0.1) is 0 Å². The second-order valence-electron chi connectivity index (χ2n) is 4.64. The van der Waals surface area contributed by atoms with E-state index in [1.165, 1.54) is 11.3 Å². The van der Waals surface area contributed by atoms with Crippen molar-refractivity contribution in [2.45, 2.75) is 13.5 Å². The van der Waals surface area contributed by atoms with Crippen molar-refractivity contribution in [2.24, 2.45) is 0 Å². The molecule has 0 unspecified atom stereocenters. The van der Waals surface area contributed by atoms with E-state index in [1.54, 1.807) is 10.6 Å². The van der Waals surface area contributed by atoms with Crippen LogP contribution in [0.5, 0.6) is 0 Å². The molecule has 0 aliphatic rings. The fourth-order valence-electron chi connectivity index (χ4n) is 2.24. The SMILES string of the molecule is CCn1cc(-c2sc(N)nc2-c2ccccc2)ccc1=O. The number of hydrogen-bond acceptors (Lipinski definition) is 4. The number of pyridine rings is 1. The summed E-state index contributed by atoms with van der Waals surface area (Å²) >= 11 is 1.44. The molecule has 0 amide bonds. The molecule has 2 N–H and O–H groups in total. The molecule has 3 aromatic rings. The Morgan fingerprint density at radius 3 is 2.62 bits per heavy atom. The van der Waals surface area contributed by atoms with Crippen LogP contribution in [-0.2, 0) is 6.54 Å². The van der Waals surface area contributed by atoms with Crippen molar-refractivity contribution in [1.29, 1.82) is 0 Å². The molecule has 0 saturated carbocycles. The summed E-state index contributed by atoms with van der Waals surface area (Å²) in [6.07, 6.45) is 1.86. The predicted molar refractivity (Wildman–Crippen MR) is 87.3 cm³/mol. The van der Waals surface area contributed by atoms with E-state index in [4.69, 9.17) is 5.73 Å². The lowest BCUT2D eigenvalue weighted by atomic mass is 10.1. The maximum absolute atomic E-state index is 11.7. The van der Waals surface area contributed by atoms with Gasteiger partial charge in [0, 0.05) is 29.9 Å². The molecule has 0 bridgehead atoms. The summed E-state index contributed by atoms with van der Waals surface area (Å²) in [7, 11) is 0. The van der Waals surface area contributed by atoms with Crippen LogP contribution in [0.15, 0.2) is 53.5 Å². The van der Waals surface area contributed by atoms with Crippen molar-refractivity contribution >= 4 is 16.5 Å². The highest BCUT2D eigenvalue weighted by molar-refractivity contribution is 7.19. The predicted octanol–water partition coefficient (Wildman–Crippen LogP) is 3.24. The maximum atomic E-state index is 11.7. The van der Waals surface area contributed by atoms with Crippen molar-refractivity contribution in [3.05, 3.63) is 59.0 Å². The van der Waals surface area contributed by atoms with E-state index in [-0.39, 0.29) is 5.56 Å². The fraction of sp³-hybridized carbons (Fsp3) is 0.125. The molecule has 1 aromatic carbocycles. The van der Waals surface area contributed by atoms with Gasteiger partial charge in [-0.2, -0.15) is 0 Å². The van der Waals surface area contributed by atoms with Gasteiger partial charge in [0.05, 0.1) is 10.6 Å². The van der Waals surface area contributed by atoms with Gasteiger partial charge in [-0.05, 0) is 13.0 Å². The molecular formula is C16H15N3OS. The second kappa shape index (κ2) is 5.54. The molecule has 0 saturated heterocycles. The standard InChI is InChI=1S/C16H15N3OS/c1-2-19-10-12(8-9-13(19)20)15-14(18-16(17)21-15)11-6-4-3-5-7-11/h3-10H,2H2,1H3,(H2,17,18). The lowest BCUT2D eigenvalue weighted by Gasteiger charge is -2.06. The normalized spacial score (nSPS) is 10.7. The number of rotatable bonds is 3. The van der Waals surface area contributed by atoms with E-state index >= 15 is 0 Å². The molecule has 0 aliphatic carbocycles. The van der Waals surface area contributed by atoms with E-state index < -0.39 is 0 Å². The molecule has 0 atom stereocenters. The van der Waals surface area contributed by atoms with Crippen LogP contribution in [0.2, 0.25) is 0 Å². The van der Waals surface area contributed by atoms with Gasteiger partial charge in [-0.1, -0.05) is 41.7 Å². The van der Waals surface area contributed by atoms with E-state index in [2.05, 4.69) is 4.98 Å². The summed E-state index contributed by atoms with van der Waals surface area (Å²) in [5.41, 5.74) is 8.74. The van der Waals surface area contributed by atoms with Gasteiger partial charge in [0.2, 0.25) is 0 Å². The van der Waals surface area contributed by atoms with Crippen LogP contribution in [0, 0.1) is 0 Å². The largest absolute Gasteiger partial charge is 0.375 e. The molecule has 0 radical (unpaired) electrons. The topological polar surface area (TPSA) is 60.9 Å². The average molecular weight is 297 g/mol. The number of thiazole rings is 1. The lowest BCUT2D eigenvalue weighted by Crippen LogP contribution is -2.16. The molecule has 106 valence electrons. The van der Waals surface area contributed by atoms with Gasteiger partial charge in [0.1, 0.15) is 0 Å². The average Bonchev–Trinajstić information content (AvgIpc) is 2.90. The van der Waals surface area contributed by atoms with Crippen LogP contribution in [0.4, 0.5) is 5.13 Å². The maximum Gasteiger partial charge on any atom is 0.250 e. The minimum absolute atomic E-state index is 0.00000152. The number of nitrogens with two attached hydrogens (primary N) is 1. The van der Waals surface area contributed by atoms with E-state index in [0.717, 1.165) is 21.7 Å². The summed E-state index contributed by atoms with van der Waals surface area (Å²) in [5.74, 6) is 0. The van der Waals surface area contributed by atoms with Crippen LogP contribution in [0.25, 0.3) is 21.7 Å². The first-order valence-corrected chi connectivity index (χ1v) is 7.53. The number of aromatic nitrogens is 2. The number of benzene rings is 1. The third kappa shape index (κ3) is 2.60. The number of nitrogen functional groups attached to an aromatic ring is 1. The van der Waals surface area contributed by atoms with Crippen LogP contribution >= 0.6 is 11.3 Å². The zero-order valence-electron chi connectivity index (χ0n) is 11.6. The summed E-state index contributed by atoms with van der Waals surface area (Å²) < 4.78 is 1.68. The summed E-state index contributed by atoms with van der Waals surface area (Å²) in [5, 5.41) is 0.526. The van der Waals surface area contributed by atoms with E-state index in [1.807, 2.05) is 49.5 Å². The first-order chi connectivity index (χ1) is 10.2. The Hall–Kier alpha value is -2.40. The van der Waals surface area contributed by atoms with Crippen molar-refractivity contribution in [2.75, 3.05) is 5.73 Å². The minimum atomic E-state index is -0.00000152. The lowest BCUT2D eigenvalue weighted by molar-refractivity contribution is 0.729. The molecule has 3 rings (SSSR count). The third-order valence-corrected chi connectivity index (χ3v) is 4.21. The summed E-state index contributed by atoms with van der Waals surface area (Å²) in [6.45, 7) is 2.59. The molecule has 0 aliphatic heterocycles.